The standard InChI is InChI=1S/C19H21N7O3/c1-23-16-15(17(28)24(2)19(23)29)25(18(22-16)20-9-11-27)12-13-4-6-14(7-5-13)26-10-3-8-21-26/h3-8,10,27H,9,11-12H2,1-2H3,(H,20,22). The van der Waals surface area contributed by atoms with E-state index in [0.29, 0.717) is 23.7 Å². The van der Waals surface area contributed by atoms with Crippen molar-refractivity contribution >= 4 is 17.1 Å². The number of nitrogens with zero attached hydrogens (tertiary/aromatic N) is 6. The molecule has 2 N–H and O–H groups in total. The molecule has 0 fully saturated rings. The number of aromatic nitrogens is 6. The summed E-state index contributed by atoms with van der Waals surface area (Å²) in [5, 5.41) is 16.4. The maximum absolute atomic E-state index is 12.8. The highest BCUT2D eigenvalue weighted by atomic mass is 16.3. The predicted octanol–water partition coefficient (Wildman–Crippen LogP) is 0.0719. The fraction of sp³-hybridized carbons (Fsp3) is 0.263. The van der Waals surface area contributed by atoms with Gasteiger partial charge in [-0.25, -0.2) is 9.48 Å². The van der Waals surface area contributed by atoms with Crippen molar-refractivity contribution in [2.75, 3.05) is 18.5 Å². The van der Waals surface area contributed by atoms with Gasteiger partial charge in [0.05, 0.1) is 18.8 Å². The summed E-state index contributed by atoms with van der Waals surface area (Å²) in [5.74, 6) is 0.420. The van der Waals surface area contributed by atoms with Crippen LogP contribution < -0.4 is 16.6 Å². The zero-order valence-corrected chi connectivity index (χ0v) is 16.1. The number of anilines is 1. The van der Waals surface area contributed by atoms with E-state index >= 15 is 0 Å². The molecule has 0 saturated heterocycles. The van der Waals surface area contributed by atoms with Gasteiger partial charge in [0.25, 0.3) is 5.56 Å². The van der Waals surface area contributed by atoms with Gasteiger partial charge in [0.15, 0.2) is 11.2 Å². The SMILES string of the molecule is Cn1c(=O)c2c(nc(NCCO)n2Cc2ccc(-n3cccn3)cc2)n(C)c1=O. The summed E-state index contributed by atoms with van der Waals surface area (Å²) < 4.78 is 5.90. The molecule has 0 bridgehead atoms. The predicted molar refractivity (Wildman–Crippen MR) is 108 cm³/mol. The van der Waals surface area contributed by atoms with Gasteiger partial charge in [-0.15, -0.1) is 0 Å². The fourth-order valence-electron chi connectivity index (χ4n) is 3.26. The Bertz CT molecular complexity index is 1260. The van der Waals surface area contributed by atoms with Crippen LogP contribution >= 0.6 is 0 Å². The zero-order valence-electron chi connectivity index (χ0n) is 16.1. The molecule has 0 amide bonds. The van der Waals surface area contributed by atoms with Gasteiger partial charge in [-0.1, -0.05) is 12.1 Å². The lowest BCUT2D eigenvalue weighted by molar-refractivity contribution is 0.310. The summed E-state index contributed by atoms with van der Waals surface area (Å²) in [6, 6.07) is 9.63. The number of hydrogen-bond acceptors (Lipinski definition) is 6. The van der Waals surface area contributed by atoms with Crippen molar-refractivity contribution in [3.05, 3.63) is 69.1 Å². The Hall–Kier alpha value is -3.66. The molecule has 0 spiro atoms. The zero-order chi connectivity index (χ0) is 20.5. The van der Waals surface area contributed by atoms with Gasteiger partial charge in [-0.3, -0.25) is 18.5 Å². The van der Waals surface area contributed by atoms with Crippen molar-refractivity contribution in [1.82, 2.24) is 28.5 Å². The number of nitrogens with one attached hydrogen (secondary N) is 1. The second-order valence-corrected chi connectivity index (χ2v) is 6.67. The van der Waals surface area contributed by atoms with Crippen molar-refractivity contribution in [2.24, 2.45) is 14.1 Å². The maximum atomic E-state index is 12.8. The average molecular weight is 395 g/mol. The molecule has 10 heteroatoms. The van der Waals surface area contributed by atoms with Crippen LogP contribution in [-0.4, -0.2) is 46.7 Å². The number of fused-ring (bicyclic) bond motifs is 1. The number of rotatable bonds is 6. The molecule has 0 saturated carbocycles. The summed E-state index contributed by atoms with van der Waals surface area (Å²) in [6.07, 6.45) is 3.57. The first-order valence-corrected chi connectivity index (χ1v) is 9.11. The molecule has 3 aromatic heterocycles. The van der Waals surface area contributed by atoms with E-state index in [1.807, 2.05) is 36.5 Å². The Morgan fingerprint density at radius 1 is 1.10 bits per heavy atom. The molecule has 0 radical (unpaired) electrons. The summed E-state index contributed by atoms with van der Waals surface area (Å²) in [6.45, 7) is 0.561. The molecule has 0 aliphatic heterocycles. The number of imidazole rings is 1. The Morgan fingerprint density at radius 2 is 1.86 bits per heavy atom. The Labute approximate surface area is 165 Å². The molecule has 29 heavy (non-hydrogen) atoms. The number of hydrogen-bond donors (Lipinski definition) is 2. The topological polar surface area (TPSA) is 112 Å². The largest absolute Gasteiger partial charge is 0.395 e. The Morgan fingerprint density at radius 3 is 2.52 bits per heavy atom. The molecule has 0 atom stereocenters. The monoisotopic (exact) mass is 395 g/mol. The lowest BCUT2D eigenvalue weighted by Crippen LogP contribution is -2.37. The summed E-state index contributed by atoms with van der Waals surface area (Å²) in [4.78, 5) is 29.5. The van der Waals surface area contributed by atoms with Crippen molar-refractivity contribution < 1.29 is 5.11 Å². The van der Waals surface area contributed by atoms with Gasteiger partial charge >= 0.3 is 5.69 Å². The van der Waals surface area contributed by atoms with Crippen LogP contribution in [-0.2, 0) is 20.6 Å². The van der Waals surface area contributed by atoms with Crippen LogP contribution in [0.5, 0.6) is 0 Å². The molecule has 4 rings (SSSR count). The van der Waals surface area contributed by atoms with Crippen molar-refractivity contribution in [2.45, 2.75) is 6.54 Å². The van der Waals surface area contributed by atoms with Gasteiger partial charge in [-0.05, 0) is 23.8 Å². The molecule has 150 valence electrons. The highest BCUT2D eigenvalue weighted by Crippen LogP contribution is 2.18. The van der Waals surface area contributed by atoms with Crippen LogP contribution in [0, 0.1) is 0 Å². The summed E-state index contributed by atoms with van der Waals surface area (Å²) in [5.41, 5.74) is 1.64. The number of aliphatic hydroxyl groups is 1. The highest BCUT2D eigenvalue weighted by molar-refractivity contribution is 5.74. The average Bonchev–Trinajstić information content (AvgIpc) is 3.38. The van der Waals surface area contributed by atoms with E-state index in [-0.39, 0.29) is 13.2 Å². The maximum Gasteiger partial charge on any atom is 0.332 e. The fourth-order valence-corrected chi connectivity index (χ4v) is 3.26. The van der Waals surface area contributed by atoms with Gasteiger partial charge in [0.2, 0.25) is 5.95 Å². The van der Waals surface area contributed by atoms with Crippen molar-refractivity contribution in [1.29, 1.82) is 0 Å². The minimum absolute atomic E-state index is 0.0846. The van der Waals surface area contributed by atoms with Crippen molar-refractivity contribution in [3.8, 4) is 5.69 Å². The van der Waals surface area contributed by atoms with E-state index < -0.39 is 11.2 Å². The van der Waals surface area contributed by atoms with Crippen LogP contribution in [0.2, 0.25) is 0 Å². The van der Waals surface area contributed by atoms with Gasteiger partial charge in [0, 0.05) is 33.0 Å². The molecular weight excluding hydrogens is 374 g/mol. The summed E-state index contributed by atoms with van der Waals surface area (Å²) in [7, 11) is 3.03. The number of aliphatic hydroxyl groups excluding tert-OH is 1. The normalized spacial score (nSPS) is 11.3. The third-order valence-electron chi connectivity index (χ3n) is 4.79. The van der Waals surface area contributed by atoms with E-state index in [1.54, 1.807) is 22.5 Å². The van der Waals surface area contributed by atoms with E-state index in [9.17, 15) is 14.7 Å². The smallest absolute Gasteiger partial charge is 0.332 e. The molecule has 3 heterocycles. The molecule has 4 aromatic rings. The molecule has 0 aliphatic carbocycles. The second kappa shape index (κ2) is 7.40. The quantitative estimate of drug-likeness (QED) is 0.478. The van der Waals surface area contributed by atoms with E-state index in [4.69, 9.17) is 0 Å². The lowest BCUT2D eigenvalue weighted by Gasteiger charge is -2.11. The highest BCUT2D eigenvalue weighted by Gasteiger charge is 2.19. The lowest BCUT2D eigenvalue weighted by atomic mass is 10.2. The van der Waals surface area contributed by atoms with Gasteiger partial charge in [0.1, 0.15) is 0 Å². The molecule has 0 aliphatic rings. The van der Waals surface area contributed by atoms with E-state index in [1.165, 1.54) is 11.6 Å². The first-order chi connectivity index (χ1) is 14.0. The molecule has 1 aromatic carbocycles. The van der Waals surface area contributed by atoms with Crippen LogP contribution in [0.1, 0.15) is 5.56 Å². The van der Waals surface area contributed by atoms with E-state index in [2.05, 4.69) is 15.4 Å². The third kappa shape index (κ3) is 3.23. The Balaban J connectivity index is 1.81. The minimum Gasteiger partial charge on any atom is -0.395 e. The first-order valence-electron chi connectivity index (χ1n) is 9.11. The molecule has 10 nitrogen and oxygen atoms in total. The van der Waals surface area contributed by atoms with Crippen LogP contribution in [0.15, 0.2) is 52.3 Å². The number of benzene rings is 1. The van der Waals surface area contributed by atoms with Crippen LogP contribution in [0.25, 0.3) is 16.9 Å². The third-order valence-corrected chi connectivity index (χ3v) is 4.79. The van der Waals surface area contributed by atoms with E-state index in [0.717, 1.165) is 15.8 Å². The molecular formula is C19H21N7O3. The Kier molecular flexibility index (Phi) is 4.77. The second-order valence-electron chi connectivity index (χ2n) is 6.67. The van der Waals surface area contributed by atoms with Crippen LogP contribution in [0.3, 0.4) is 0 Å². The van der Waals surface area contributed by atoms with Crippen molar-refractivity contribution in [3.63, 3.8) is 0 Å². The number of aryl methyl sites for hydroxylation is 1. The summed E-state index contributed by atoms with van der Waals surface area (Å²) >= 11 is 0. The van der Waals surface area contributed by atoms with Gasteiger partial charge in [-0.2, -0.15) is 10.1 Å². The van der Waals surface area contributed by atoms with Crippen LogP contribution in [0.4, 0.5) is 5.95 Å². The first kappa shape index (κ1) is 18.7. The minimum atomic E-state index is -0.440. The van der Waals surface area contributed by atoms with Gasteiger partial charge < -0.3 is 10.4 Å². The molecule has 0 unspecified atom stereocenters.